The number of nitrogens with one attached hydrogen (secondary N) is 1. The van der Waals surface area contributed by atoms with Crippen molar-refractivity contribution in [3.8, 4) is 11.5 Å². The number of carbonyl (C=O) groups excluding carboxylic acids is 2. The van der Waals surface area contributed by atoms with Gasteiger partial charge in [0, 0.05) is 5.69 Å². The number of amides is 1. The van der Waals surface area contributed by atoms with Crippen molar-refractivity contribution in [2.75, 3.05) is 11.9 Å². The maximum atomic E-state index is 12.1. The molecule has 0 spiro atoms. The maximum absolute atomic E-state index is 12.1. The molecule has 1 amide bonds. The smallest absolute Gasteiger partial charge is 0.479 e. The molecule has 0 bridgehead atoms. The molecule has 0 fully saturated rings. The van der Waals surface area contributed by atoms with Gasteiger partial charge in [-0.25, -0.2) is 4.79 Å². The molecular weight excluding hydrogens is 379 g/mol. The molecule has 0 aliphatic heterocycles. The molecule has 0 unspecified atom stereocenters. The van der Waals surface area contributed by atoms with E-state index in [1.165, 1.54) is 19.1 Å². The lowest BCUT2D eigenvalue weighted by Gasteiger charge is -2.14. The number of alkyl halides is 3. The minimum Gasteiger partial charge on any atom is -0.479 e. The molecule has 150 valence electrons. The molecule has 0 aliphatic carbocycles. The number of benzene rings is 2. The van der Waals surface area contributed by atoms with E-state index in [9.17, 15) is 22.8 Å². The van der Waals surface area contributed by atoms with Crippen molar-refractivity contribution in [2.45, 2.75) is 26.3 Å². The summed E-state index contributed by atoms with van der Waals surface area (Å²) in [7, 11) is 0. The fraction of sp³-hybridized carbons (Fsp3) is 0.263. The number of hydrogen-bond acceptors (Lipinski definition) is 5. The summed E-state index contributed by atoms with van der Waals surface area (Å²) in [6, 6.07) is 11.6. The first kappa shape index (κ1) is 21.1. The van der Waals surface area contributed by atoms with E-state index >= 15 is 0 Å². The second-order valence-corrected chi connectivity index (χ2v) is 5.80. The SMILES string of the molecule is Cc1cccc(O[C@H](C)C(=O)OCC(=O)Nc2ccc(OC(F)(F)F)cc2)c1. The number of anilines is 1. The summed E-state index contributed by atoms with van der Waals surface area (Å²) in [6.45, 7) is 2.80. The number of rotatable bonds is 7. The van der Waals surface area contributed by atoms with Crippen LogP contribution >= 0.6 is 0 Å². The predicted molar refractivity (Wildman–Crippen MR) is 94.0 cm³/mol. The van der Waals surface area contributed by atoms with E-state index in [1.54, 1.807) is 18.2 Å². The van der Waals surface area contributed by atoms with E-state index < -0.39 is 36.7 Å². The van der Waals surface area contributed by atoms with Gasteiger partial charge in [-0.05, 0) is 55.8 Å². The molecule has 0 saturated heterocycles. The molecule has 2 aromatic rings. The number of esters is 1. The molecule has 0 heterocycles. The second-order valence-electron chi connectivity index (χ2n) is 5.80. The van der Waals surface area contributed by atoms with Crippen molar-refractivity contribution in [3.05, 3.63) is 54.1 Å². The Hall–Kier alpha value is -3.23. The lowest BCUT2D eigenvalue weighted by atomic mass is 10.2. The zero-order valence-corrected chi connectivity index (χ0v) is 15.1. The van der Waals surface area contributed by atoms with Gasteiger partial charge in [0.25, 0.3) is 5.91 Å². The highest BCUT2D eigenvalue weighted by molar-refractivity contribution is 5.93. The average molecular weight is 397 g/mol. The monoisotopic (exact) mass is 397 g/mol. The Kier molecular flexibility index (Phi) is 6.86. The summed E-state index contributed by atoms with van der Waals surface area (Å²) in [5, 5.41) is 2.39. The molecule has 1 atom stereocenters. The minimum atomic E-state index is -4.80. The van der Waals surface area contributed by atoms with Gasteiger partial charge in [0.05, 0.1) is 0 Å². The van der Waals surface area contributed by atoms with E-state index in [1.807, 2.05) is 13.0 Å². The number of carbonyl (C=O) groups is 2. The Morgan fingerprint density at radius 2 is 1.75 bits per heavy atom. The summed E-state index contributed by atoms with van der Waals surface area (Å²) >= 11 is 0. The third kappa shape index (κ3) is 7.18. The maximum Gasteiger partial charge on any atom is 0.573 e. The lowest BCUT2D eigenvalue weighted by molar-refractivity contribution is -0.274. The molecule has 0 saturated carbocycles. The van der Waals surface area contributed by atoms with Crippen LogP contribution in [0.3, 0.4) is 0 Å². The van der Waals surface area contributed by atoms with Crippen LogP contribution in [0.1, 0.15) is 12.5 Å². The van der Waals surface area contributed by atoms with Gasteiger partial charge in [0.1, 0.15) is 11.5 Å². The molecule has 1 N–H and O–H groups in total. The van der Waals surface area contributed by atoms with Gasteiger partial charge in [-0.2, -0.15) is 0 Å². The summed E-state index contributed by atoms with van der Waals surface area (Å²) in [5.41, 5.74) is 1.18. The number of hydrogen-bond donors (Lipinski definition) is 1. The third-order valence-corrected chi connectivity index (χ3v) is 3.35. The number of ether oxygens (including phenoxy) is 3. The van der Waals surface area contributed by atoms with Crippen molar-refractivity contribution in [1.82, 2.24) is 0 Å². The van der Waals surface area contributed by atoms with Crippen LogP contribution in [0.15, 0.2) is 48.5 Å². The highest BCUT2D eigenvalue weighted by Gasteiger charge is 2.31. The van der Waals surface area contributed by atoms with Crippen molar-refractivity contribution in [2.24, 2.45) is 0 Å². The number of aryl methyl sites for hydroxylation is 1. The molecule has 28 heavy (non-hydrogen) atoms. The van der Waals surface area contributed by atoms with E-state index in [0.29, 0.717) is 5.75 Å². The van der Waals surface area contributed by atoms with Crippen LogP contribution in [0, 0.1) is 6.92 Å². The van der Waals surface area contributed by atoms with E-state index in [4.69, 9.17) is 9.47 Å². The third-order valence-electron chi connectivity index (χ3n) is 3.35. The molecule has 2 rings (SSSR count). The van der Waals surface area contributed by atoms with Crippen LogP contribution in [0.25, 0.3) is 0 Å². The molecule has 6 nitrogen and oxygen atoms in total. The quantitative estimate of drug-likeness (QED) is 0.719. The highest BCUT2D eigenvalue weighted by atomic mass is 19.4. The van der Waals surface area contributed by atoms with Gasteiger partial charge >= 0.3 is 12.3 Å². The lowest BCUT2D eigenvalue weighted by Crippen LogP contribution is -2.29. The Morgan fingerprint density at radius 1 is 1.07 bits per heavy atom. The van der Waals surface area contributed by atoms with Crippen LogP contribution in [-0.4, -0.2) is 30.9 Å². The highest BCUT2D eigenvalue weighted by Crippen LogP contribution is 2.24. The van der Waals surface area contributed by atoms with Gasteiger partial charge in [0.15, 0.2) is 12.7 Å². The van der Waals surface area contributed by atoms with Crippen LogP contribution in [0.4, 0.5) is 18.9 Å². The molecule has 2 aromatic carbocycles. The fourth-order valence-electron chi connectivity index (χ4n) is 2.13. The normalized spacial score (nSPS) is 12.0. The van der Waals surface area contributed by atoms with Crippen molar-refractivity contribution >= 4 is 17.6 Å². The first-order valence-corrected chi connectivity index (χ1v) is 8.18. The topological polar surface area (TPSA) is 73.9 Å². The summed E-state index contributed by atoms with van der Waals surface area (Å²) in [6.07, 6.45) is -5.72. The zero-order chi connectivity index (χ0) is 20.7. The zero-order valence-electron chi connectivity index (χ0n) is 15.1. The van der Waals surface area contributed by atoms with Gasteiger partial charge < -0.3 is 19.5 Å². The van der Waals surface area contributed by atoms with Crippen LogP contribution in [0.5, 0.6) is 11.5 Å². The minimum absolute atomic E-state index is 0.222. The van der Waals surface area contributed by atoms with Gasteiger partial charge in [-0.1, -0.05) is 12.1 Å². The van der Waals surface area contributed by atoms with Crippen LogP contribution in [0.2, 0.25) is 0 Å². The van der Waals surface area contributed by atoms with E-state index in [2.05, 4.69) is 10.1 Å². The molecule has 0 radical (unpaired) electrons. The average Bonchev–Trinajstić information content (AvgIpc) is 2.60. The number of halogens is 3. The largest absolute Gasteiger partial charge is 0.573 e. The standard InChI is InChI=1S/C19H18F3NO5/c1-12-4-3-5-16(10-12)27-13(2)18(25)26-11-17(24)23-14-6-8-15(9-7-14)28-19(20,21)22/h3-10,13H,11H2,1-2H3,(H,23,24)/t13-/m1/s1. The van der Waals surface area contributed by atoms with Crippen molar-refractivity contribution in [1.29, 1.82) is 0 Å². The molecule has 0 aromatic heterocycles. The predicted octanol–water partition coefficient (Wildman–Crippen LogP) is 3.84. The molecule has 0 aliphatic rings. The van der Waals surface area contributed by atoms with Crippen molar-refractivity contribution in [3.63, 3.8) is 0 Å². The summed E-state index contributed by atoms with van der Waals surface area (Å²) < 4.78 is 50.4. The molecular formula is C19H18F3NO5. The van der Waals surface area contributed by atoms with Crippen LogP contribution < -0.4 is 14.8 Å². The fourth-order valence-corrected chi connectivity index (χ4v) is 2.13. The summed E-state index contributed by atoms with van der Waals surface area (Å²) in [5.74, 6) is -1.31. The summed E-state index contributed by atoms with van der Waals surface area (Å²) in [4.78, 5) is 23.7. The van der Waals surface area contributed by atoms with Gasteiger partial charge in [0.2, 0.25) is 0 Å². The first-order chi connectivity index (χ1) is 13.1. The Balaban J connectivity index is 1.79. The van der Waals surface area contributed by atoms with E-state index in [0.717, 1.165) is 17.7 Å². The van der Waals surface area contributed by atoms with Crippen molar-refractivity contribution < 1.29 is 37.0 Å². The Labute approximate surface area is 159 Å². The van der Waals surface area contributed by atoms with Gasteiger partial charge in [-0.15, -0.1) is 13.2 Å². The Morgan fingerprint density at radius 3 is 2.36 bits per heavy atom. The van der Waals surface area contributed by atoms with Gasteiger partial charge in [-0.3, -0.25) is 4.79 Å². The Bertz CT molecular complexity index is 821. The second kappa shape index (κ2) is 9.12. The molecule has 9 heteroatoms. The first-order valence-electron chi connectivity index (χ1n) is 8.18. The van der Waals surface area contributed by atoms with Crippen LogP contribution in [-0.2, 0) is 14.3 Å². The van der Waals surface area contributed by atoms with E-state index in [-0.39, 0.29) is 5.69 Å².